The minimum Gasteiger partial charge on any atom is -0.505 e. The van der Waals surface area contributed by atoms with E-state index in [0.717, 1.165) is 11.1 Å². The average Bonchev–Trinajstić information content (AvgIpc) is 3.21. The Bertz CT molecular complexity index is 1250. The van der Waals surface area contributed by atoms with E-state index in [4.69, 9.17) is 11.6 Å². The lowest BCUT2D eigenvalue weighted by molar-refractivity contribution is 0.0946. The zero-order valence-electron chi connectivity index (χ0n) is 15.3. The molecule has 146 valence electrons. The molecule has 0 bridgehead atoms. The van der Waals surface area contributed by atoms with E-state index in [1.807, 2.05) is 36.4 Å². The van der Waals surface area contributed by atoms with Crippen molar-refractivity contribution < 1.29 is 9.90 Å². The van der Waals surface area contributed by atoms with Crippen molar-refractivity contribution in [3.63, 3.8) is 0 Å². The first-order chi connectivity index (χ1) is 14.1. The summed E-state index contributed by atoms with van der Waals surface area (Å²) in [5, 5.41) is 15.6. The fourth-order valence-corrected chi connectivity index (χ4v) is 4.23. The number of amides is 1. The number of hydrogen-bond acceptors (Lipinski definition) is 4. The maximum atomic E-state index is 13.1. The van der Waals surface area contributed by atoms with Crippen molar-refractivity contribution >= 4 is 39.1 Å². The topological polar surface area (TPSA) is 71.3 Å². The van der Waals surface area contributed by atoms with Gasteiger partial charge in [0, 0.05) is 11.6 Å². The van der Waals surface area contributed by atoms with Crippen LogP contribution >= 0.6 is 22.9 Å². The first kappa shape index (κ1) is 19.2. The summed E-state index contributed by atoms with van der Waals surface area (Å²) in [6.07, 6.45) is 0. The summed E-state index contributed by atoms with van der Waals surface area (Å²) in [4.78, 5) is 26.0. The summed E-state index contributed by atoms with van der Waals surface area (Å²) < 4.78 is 2.02. The minimum absolute atomic E-state index is 0.151. The Kier molecular flexibility index (Phi) is 5.38. The Balaban J connectivity index is 1.73. The molecule has 0 aliphatic carbocycles. The summed E-state index contributed by atoms with van der Waals surface area (Å²) in [6, 6.07) is 18.4. The highest BCUT2D eigenvalue weighted by Gasteiger charge is 2.23. The molecule has 0 atom stereocenters. The molecule has 4 aromatic rings. The molecule has 2 aromatic heterocycles. The Hall–Kier alpha value is -3.09. The van der Waals surface area contributed by atoms with Gasteiger partial charge in [0.2, 0.25) is 0 Å². The highest BCUT2D eigenvalue weighted by molar-refractivity contribution is 7.17. The van der Waals surface area contributed by atoms with Crippen molar-refractivity contribution in [3.8, 4) is 5.75 Å². The molecule has 0 unspecified atom stereocenters. The number of rotatable bonds is 5. The van der Waals surface area contributed by atoms with Crippen LogP contribution < -0.4 is 10.9 Å². The molecule has 0 saturated carbocycles. The predicted molar refractivity (Wildman–Crippen MR) is 116 cm³/mol. The fourth-order valence-electron chi connectivity index (χ4n) is 3.18. The van der Waals surface area contributed by atoms with E-state index in [1.54, 1.807) is 29.6 Å². The van der Waals surface area contributed by atoms with Crippen molar-refractivity contribution in [2.45, 2.75) is 13.1 Å². The van der Waals surface area contributed by atoms with Gasteiger partial charge in [0.15, 0.2) is 5.75 Å². The average molecular weight is 425 g/mol. The molecule has 2 aromatic carbocycles. The van der Waals surface area contributed by atoms with Gasteiger partial charge in [-0.25, -0.2) is 0 Å². The van der Waals surface area contributed by atoms with Crippen LogP contribution in [0.5, 0.6) is 5.75 Å². The van der Waals surface area contributed by atoms with E-state index in [1.165, 1.54) is 15.9 Å². The standard InChI is InChI=1S/C22H17ClN2O3S/c23-16-9-5-4-8-15(16)12-24-21(27)18-19(26)20-17(10-11-29-20)25(22(18)28)13-14-6-2-1-3-7-14/h1-11,26H,12-13H2,(H,24,27). The molecule has 1 amide bonds. The van der Waals surface area contributed by atoms with Crippen LogP contribution in [-0.4, -0.2) is 15.6 Å². The van der Waals surface area contributed by atoms with E-state index in [0.29, 0.717) is 21.8 Å². The predicted octanol–water partition coefficient (Wildman–Crippen LogP) is 4.40. The molecule has 0 aliphatic heterocycles. The Labute approximate surface area is 175 Å². The number of carbonyl (C=O) groups is 1. The summed E-state index contributed by atoms with van der Waals surface area (Å²) in [6.45, 7) is 0.455. The van der Waals surface area contributed by atoms with Crippen LogP contribution in [0.3, 0.4) is 0 Å². The van der Waals surface area contributed by atoms with E-state index in [2.05, 4.69) is 5.32 Å². The highest BCUT2D eigenvalue weighted by Crippen LogP contribution is 2.31. The normalized spacial score (nSPS) is 10.9. The highest BCUT2D eigenvalue weighted by atomic mass is 35.5. The summed E-state index contributed by atoms with van der Waals surface area (Å²) in [5.74, 6) is -0.925. The maximum absolute atomic E-state index is 13.1. The number of pyridine rings is 1. The van der Waals surface area contributed by atoms with Gasteiger partial charge in [-0.05, 0) is 28.6 Å². The van der Waals surface area contributed by atoms with Gasteiger partial charge in [0.1, 0.15) is 5.56 Å². The molecule has 0 spiro atoms. The lowest BCUT2D eigenvalue weighted by Gasteiger charge is -2.13. The Morgan fingerprint density at radius 2 is 1.79 bits per heavy atom. The second-order valence-electron chi connectivity index (χ2n) is 6.51. The molecule has 0 fully saturated rings. The SMILES string of the molecule is O=C(NCc1ccccc1Cl)c1c(O)c2sccc2n(Cc2ccccc2)c1=O. The molecular weight excluding hydrogens is 408 g/mol. The van der Waals surface area contributed by atoms with Gasteiger partial charge in [-0.1, -0.05) is 60.1 Å². The van der Waals surface area contributed by atoms with Crippen molar-refractivity contribution in [2.24, 2.45) is 0 Å². The molecule has 29 heavy (non-hydrogen) atoms. The fraction of sp³-hybridized carbons (Fsp3) is 0.0909. The zero-order chi connectivity index (χ0) is 20.4. The van der Waals surface area contributed by atoms with Gasteiger partial charge in [-0.15, -0.1) is 11.3 Å². The van der Waals surface area contributed by atoms with E-state index < -0.39 is 11.5 Å². The third kappa shape index (κ3) is 3.77. The number of carbonyl (C=O) groups excluding carboxylic acids is 1. The number of thiophene rings is 1. The van der Waals surface area contributed by atoms with Crippen molar-refractivity contribution in [1.82, 2.24) is 9.88 Å². The second kappa shape index (κ2) is 8.11. The van der Waals surface area contributed by atoms with Crippen LogP contribution in [0.1, 0.15) is 21.5 Å². The summed E-state index contributed by atoms with van der Waals surface area (Å²) in [5.41, 5.74) is 1.46. The number of halogens is 1. The molecular formula is C22H17ClN2O3S. The maximum Gasteiger partial charge on any atom is 0.268 e. The number of hydrogen-bond donors (Lipinski definition) is 2. The quantitative estimate of drug-likeness (QED) is 0.498. The summed E-state index contributed by atoms with van der Waals surface area (Å²) in [7, 11) is 0. The molecule has 0 aliphatic rings. The van der Waals surface area contributed by atoms with E-state index in [9.17, 15) is 14.7 Å². The van der Waals surface area contributed by atoms with Crippen LogP contribution in [0.25, 0.3) is 10.2 Å². The number of benzene rings is 2. The van der Waals surface area contributed by atoms with E-state index >= 15 is 0 Å². The molecule has 0 saturated heterocycles. The van der Waals surface area contributed by atoms with Gasteiger partial charge >= 0.3 is 0 Å². The third-order valence-corrected chi connectivity index (χ3v) is 5.93. The largest absolute Gasteiger partial charge is 0.505 e. The first-order valence-corrected chi connectivity index (χ1v) is 10.2. The molecule has 7 heteroatoms. The van der Waals surface area contributed by atoms with Crippen LogP contribution in [0.4, 0.5) is 0 Å². The number of aromatic nitrogens is 1. The Morgan fingerprint density at radius 3 is 2.55 bits per heavy atom. The molecule has 5 nitrogen and oxygen atoms in total. The minimum atomic E-state index is -0.635. The van der Waals surface area contributed by atoms with Gasteiger partial charge in [0.05, 0.1) is 16.8 Å². The number of fused-ring (bicyclic) bond motifs is 1. The number of nitrogens with zero attached hydrogens (tertiary/aromatic N) is 1. The Morgan fingerprint density at radius 1 is 1.07 bits per heavy atom. The van der Waals surface area contributed by atoms with Gasteiger partial charge < -0.3 is 15.0 Å². The van der Waals surface area contributed by atoms with Crippen molar-refractivity contribution in [2.75, 3.05) is 0 Å². The zero-order valence-corrected chi connectivity index (χ0v) is 16.8. The third-order valence-electron chi connectivity index (χ3n) is 4.65. The smallest absolute Gasteiger partial charge is 0.268 e. The van der Waals surface area contributed by atoms with Crippen molar-refractivity contribution in [1.29, 1.82) is 0 Å². The van der Waals surface area contributed by atoms with Crippen LogP contribution in [0.15, 0.2) is 70.8 Å². The summed E-state index contributed by atoms with van der Waals surface area (Å²) >= 11 is 7.42. The van der Waals surface area contributed by atoms with Crippen LogP contribution in [0.2, 0.25) is 5.02 Å². The number of aromatic hydroxyl groups is 1. The van der Waals surface area contributed by atoms with E-state index in [-0.39, 0.29) is 17.9 Å². The monoisotopic (exact) mass is 424 g/mol. The van der Waals surface area contributed by atoms with Gasteiger partial charge in [-0.2, -0.15) is 0 Å². The number of nitrogens with one attached hydrogen (secondary N) is 1. The van der Waals surface area contributed by atoms with Gasteiger partial charge in [0.25, 0.3) is 11.5 Å². The second-order valence-corrected chi connectivity index (χ2v) is 7.83. The van der Waals surface area contributed by atoms with Crippen LogP contribution in [0, 0.1) is 0 Å². The first-order valence-electron chi connectivity index (χ1n) is 8.94. The lowest BCUT2D eigenvalue weighted by Crippen LogP contribution is -2.33. The lowest BCUT2D eigenvalue weighted by atomic mass is 10.1. The molecule has 4 rings (SSSR count). The molecule has 0 radical (unpaired) electrons. The van der Waals surface area contributed by atoms with Crippen LogP contribution in [-0.2, 0) is 13.1 Å². The van der Waals surface area contributed by atoms with Gasteiger partial charge in [-0.3, -0.25) is 9.59 Å². The molecule has 2 N–H and O–H groups in total. The molecule has 2 heterocycles. The van der Waals surface area contributed by atoms with Crippen molar-refractivity contribution in [3.05, 3.63) is 98.1 Å².